The first-order valence-electron chi connectivity index (χ1n) is 4.85. The van der Waals surface area contributed by atoms with E-state index in [4.69, 9.17) is 5.26 Å². The quantitative estimate of drug-likeness (QED) is 0.328. The molecule has 0 aromatic heterocycles. The van der Waals surface area contributed by atoms with Gasteiger partial charge in [-0.05, 0) is 38.2 Å². The van der Waals surface area contributed by atoms with Crippen LogP contribution in [-0.2, 0) is 0 Å². The molecule has 1 aromatic carbocycles. The summed E-state index contributed by atoms with van der Waals surface area (Å²) in [6, 6.07) is 4.30. The van der Waals surface area contributed by atoms with Crippen LogP contribution in [0.3, 0.4) is 0 Å². The third-order valence-electron chi connectivity index (χ3n) is 2.11. The molecule has 0 saturated carbocycles. The van der Waals surface area contributed by atoms with E-state index in [1.54, 1.807) is 11.8 Å². The van der Waals surface area contributed by atoms with Crippen LogP contribution < -0.4 is 0 Å². The van der Waals surface area contributed by atoms with Crippen molar-refractivity contribution in [2.75, 3.05) is 6.26 Å². The second-order valence-corrected chi connectivity index (χ2v) is 5.56. The van der Waals surface area contributed by atoms with E-state index in [1.165, 1.54) is 33.3 Å². The Balaban J connectivity index is 3.07. The molecule has 4 heteroatoms. The number of benzene rings is 1. The molecule has 0 aliphatic heterocycles. The molecule has 0 aliphatic rings. The van der Waals surface area contributed by atoms with Gasteiger partial charge in [-0.25, -0.2) is 0 Å². The number of nitriles is 1. The summed E-state index contributed by atoms with van der Waals surface area (Å²) in [6.07, 6.45) is 3.77. The minimum absolute atomic E-state index is 0.789. The Morgan fingerprint density at radius 2 is 1.81 bits per heavy atom. The van der Waals surface area contributed by atoms with Gasteiger partial charge in [-0.1, -0.05) is 29.5 Å². The van der Waals surface area contributed by atoms with Crippen molar-refractivity contribution in [3.63, 3.8) is 0 Å². The number of hydrogen-bond acceptors (Lipinski definition) is 4. The number of hydrogen-bond donors (Lipinski definition) is 0. The molecule has 0 amide bonds. The minimum Gasteiger partial charge on any atom is -0.170 e. The molecule has 16 heavy (non-hydrogen) atoms. The maximum atomic E-state index is 8.56. The fourth-order valence-electron chi connectivity index (χ4n) is 1.57. The normalized spacial score (nSPS) is 11.3. The van der Waals surface area contributed by atoms with Crippen molar-refractivity contribution in [1.82, 2.24) is 0 Å². The lowest BCUT2D eigenvalue weighted by molar-refractivity contribution is 1.19. The smallest absolute Gasteiger partial charge is 0.170 e. The van der Waals surface area contributed by atoms with Gasteiger partial charge in [-0.15, -0.1) is 11.8 Å². The van der Waals surface area contributed by atoms with Crippen molar-refractivity contribution in [2.45, 2.75) is 25.7 Å². The molecular weight excluding hydrogens is 236 g/mol. The molecule has 0 atom stereocenters. The van der Waals surface area contributed by atoms with Crippen LogP contribution in [0.2, 0.25) is 0 Å². The van der Waals surface area contributed by atoms with Crippen LogP contribution in [0.1, 0.15) is 16.7 Å². The van der Waals surface area contributed by atoms with Crippen molar-refractivity contribution >= 4 is 27.9 Å². The Bertz CT molecular complexity index is 436. The molecule has 0 unspecified atom stereocenters. The lowest BCUT2D eigenvalue weighted by Gasteiger charge is -2.10. The zero-order valence-electron chi connectivity index (χ0n) is 9.87. The predicted octanol–water partition coefficient (Wildman–Crippen LogP) is 3.90. The summed E-state index contributed by atoms with van der Waals surface area (Å²) < 4.78 is 0.789. The van der Waals surface area contributed by atoms with E-state index in [1.807, 2.05) is 12.4 Å². The average Bonchev–Trinajstić information content (AvgIpc) is 2.21. The van der Waals surface area contributed by atoms with E-state index in [0.717, 1.165) is 4.38 Å². The van der Waals surface area contributed by atoms with E-state index in [9.17, 15) is 0 Å². The molecule has 0 radical (unpaired) electrons. The molecule has 1 rings (SSSR count). The van der Waals surface area contributed by atoms with E-state index >= 15 is 0 Å². The zero-order chi connectivity index (χ0) is 12.1. The second-order valence-electron chi connectivity index (χ2n) is 3.51. The van der Waals surface area contributed by atoms with E-state index in [0.29, 0.717) is 0 Å². The standard InChI is InChI=1S/C12H14N2S2/c1-8-5-9(2)11(10(3)6-8)16-12(15-4)14-7-13/h5-6H,1-4H3. The average molecular weight is 250 g/mol. The summed E-state index contributed by atoms with van der Waals surface area (Å²) >= 11 is 3.07. The summed E-state index contributed by atoms with van der Waals surface area (Å²) in [4.78, 5) is 4.99. The summed E-state index contributed by atoms with van der Waals surface area (Å²) in [6.45, 7) is 6.27. The molecule has 0 aliphatic carbocycles. The van der Waals surface area contributed by atoms with Crippen LogP contribution in [0.4, 0.5) is 0 Å². The van der Waals surface area contributed by atoms with Crippen molar-refractivity contribution in [1.29, 1.82) is 5.26 Å². The highest BCUT2D eigenvalue weighted by molar-refractivity contribution is 8.38. The van der Waals surface area contributed by atoms with Gasteiger partial charge in [0.15, 0.2) is 0 Å². The van der Waals surface area contributed by atoms with Gasteiger partial charge in [0.25, 0.3) is 0 Å². The topological polar surface area (TPSA) is 36.1 Å². The van der Waals surface area contributed by atoms with Crippen LogP contribution >= 0.6 is 23.5 Å². The summed E-state index contributed by atoms with van der Waals surface area (Å²) in [5, 5.41) is 8.56. The largest absolute Gasteiger partial charge is 0.207 e. The Morgan fingerprint density at radius 1 is 1.25 bits per heavy atom. The highest BCUT2D eigenvalue weighted by Gasteiger charge is 2.08. The molecule has 1 aromatic rings. The zero-order valence-corrected chi connectivity index (χ0v) is 11.5. The Hall–Kier alpha value is -0.920. The van der Waals surface area contributed by atoms with E-state index in [2.05, 4.69) is 37.9 Å². The third kappa shape index (κ3) is 3.29. The lowest BCUT2D eigenvalue weighted by Crippen LogP contribution is -1.91. The molecule has 0 heterocycles. The van der Waals surface area contributed by atoms with Gasteiger partial charge in [0.1, 0.15) is 4.38 Å². The maximum Gasteiger partial charge on any atom is 0.207 e. The first-order chi connectivity index (χ1) is 7.58. The number of rotatable bonds is 1. The number of aliphatic imine (C=N–C) groups is 1. The molecule has 2 nitrogen and oxygen atoms in total. The van der Waals surface area contributed by atoms with E-state index in [-0.39, 0.29) is 0 Å². The summed E-state index contributed by atoms with van der Waals surface area (Å²) in [5.74, 6) is 0. The highest BCUT2D eigenvalue weighted by atomic mass is 32.2. The Kier molecular flexibility index (Phi) is 4.91. The van der Waals surface area contributed by atoms with Crippen molar-refractivity contribution in [2.24, 2.45) is 4.99 Å². The summed E-state index contributed by atoms with van der Waals surface area (Å²) in [5.41, 5.74) is 3.74. The SMILES string of the molecule is CSC(=NC#N)Sc1c(C)cc(C)cc1C. The number of nitrogens with zero attached hydrogens (tertiary/aromatic N) is 2. The van der Waals surface area contributed by atoms with Gasteiger partial charge in [-0.3, -0.25) is 0 Å². The molecule has 84 valence electrons. The van der Waals surface area contributed by atoms with Crippen LogP contribution in [-0.4, -0.2) is 10.6 Å². The number of thioether (sulfide) groups is 2. The van der Waals surface area contributed by atoms with Gasteiger partial charge in [-0.2, -0.15) is 10.3 Å². The van der Waals surface area contributed by atoms with Crippen molar-refractivity contribution < 1.29 is 0 Å². The fraction of sp³-hybridized carbons (Fsp3) is 0.333. The van der Waals surface area contributed by atoms with Gasteiger partial charge in [0, 0.05) is 4.90 Å². The van der Waals surface area contributed by atoms with Gasteiger partial charge in [0.05, 0.1) is 0 Å². The summed E-state index contributed by atoms with van der Waals surface area (Å²) in [7, 11) is 0. The van der Waals surface area contributed by atoms with Crippen LogP contribution in [0, 0.1) is 32.2 Å². The lowest BCUT2D eigenvalue weighted by atomic mass is 10.1. The maximum absolute atomic E-state index is 8.56. The predicted molar refractivity (Wildman–Crippen MR) is 73.1 cm³/mol. The molecule has 0 fully saturated rings. The van der Waals surface area contributed by atoms with Crippen LogP contribution in [0.15, 0.2) is 22.0 Å². The Labute approximate surface area is 105 Å². The first-order valence-corrected chi connectivity index (χ1v) is 6.89. The molecule has 0 spiro atoms. The molecule has 0 saturated heterocycles. The van der Waals surface area contributed by atoms with Crippen molar-refractivity contribution in [3.05, 3.63) is 28.8 Å². The van der Waals surface area contributed by atoms with Gasteiger partial charge < -0.3 is 0 Å². The molecular formula is C12H14N2S2. The highest BCUT2D eigenvalue weighted by Crippen LogP contribution is 2.31. The number of aryl methyl sites for hydroxylation is 3. The van der Waals surface area contributed by atoms with Crippen LogP contribution in [0.25, 0.3) is 0 Å². The van der Waals surface area contributed by atoms with Crippen LogP contribution in [0.5, 0.6) is 0 Å². The fourth-order valence-corrected chi connectivity index (χ4v) is 2.98. The molecule has 0 N–H and O–H groups in total. The van der Waals surface area contributed by atoms with Crippen molar-refractivity contribution in [3.8, 4) is 6.19 Å². The second kappa shape index (κ2) is 5.97. The van der Waals surface area contributed by atoms with E-state index < -0.39 is 0 Å². The Morgan fingerprint density at radius 3 is 2.25 bits per heavy atom. The third-order valence-corrected chi connectivity index (χ3v) is 4.41. The molecule has 0 bridgehead atoms. The van der Waals surface area contributed by atoms with Gasteiger partial charge in [0.2, 0.25) is 6.19 Å². The minimum atomic E-state index is 0.789. The first kappa shape index (κ1) is 13.1. The monoisotopic (exact) mass is 250 g/mol. The van der Waals surface area contributed by atoms with Gasteiger partial charge >= 0.3 is 0 Å².